The van der Waals surface area contributed by atoms with Gasteiger partial charge in [0.2, 0.25) is 0 Å². The summed E-state index contributed by atoms with van der Waals surface area (Å²) in [7, 11) is 1.69. The zero-order valence-corrected chi connectivity index (χ0v) is 17.5. The maximum Gasteiger partial charge on any atom is 0.191 e. The molecular formula is C22H27N3O2S. The van der Waals surface area contributed by atoms with E-state index in [1.54, 1.807) is 18.9 Å². The first kappa shape index (κ1) is 20.3. The molecule has 28 heavy (non-hydrogen) atoms. The Morgan fingerprint density at radius 3 is 2.54 bits per heavy atom. The van der Waals surface area contributed by atoms with Gasteiger partial charge in [-0.2, -0.15) is 0 Å². The molecule has 0 atom stereocenters. The molecule has 0 spiro atoms. The number of hydrogen-bond acceptors (Lipinski definition) is 5. The normalized spacial score (nSPS) is 11.0. The van der Waals surface area contributed by atoms with Gasteiger partial charge in [-0.15, -0.1) is 10.2 Å². The fourth-order valence-corrected chi connectivity index (χ4v) is 3.65. The maximum absolute atomic E-state index is 5.90. The molecule has 3 aromatic rings. The van der Waals surface area contributed by atoms with Gasteiger partial charge in [-0.3, -0.25) is 0 Å². The van der Waals surface area contributed by atoms with E-state index < -0.39 is 0 Å². The Balaban J connectivity index is 1.70. The average Bonchev–Trinajstić information content (AvgIpc) is 3.11. The lowest BCUT2D eigenvalue weighted by Gasteiger charge is -2.12. The van der Waals surface area contributed by atoms with Crippen LogP contribution in [0.2, 0.25) is 0 Å². The zero-order chi connectivity index (χ0) is 19.8. The van der Waals surface area contributed by atoms with Crippen LogP contribution in [-0.2, 0) is 18.9 Å². The van der Waals surface area contributed by atoms with Crippen LogP contribution in [-0.4, -0.2) is 21.9 Å². The summed E-state index contributed by atoms with van der Waals surface area (Å²) in [5.74, 6) is 4.00. The van der Waals surface area contributed by atoms with Gasteiger partial charge in [0, 0.05) is 12.3 Å². The molecule has 0 bridgehead atoms. The van der Waals surface area contributed by atoms with Crippen molar-refractivity contribution in [1.82, 2.24) is 14.8 Å². The number of nitrogens with zero attached hydrogens (tertiary/aromatic N) is 3. The molecule has 0 unspecified atom stereocenters. The minimum Gasteiger partial charge on any atom is -0.497 e. The third-order valence-corrected chi connectivity index (χ3v) is 5.37. The molecule has 0 saturated carbocycles. The molecule has 1 heterocycles. The zero-order valence-electron chi connectivity index (χ0n) is 16.7. The fraction of sp³-hybridized carbons (Fsp3) is 0.364. The molecule has 0 aliphatic heterocycles. The van der Waals surface area contributed by atoms with E-state index in [9.17, 15) is 0 Å². The average molecular weight is 398 g/mol. The van der Waals surface area contributed by atoms with E-state index >= 15 is 0 Å². The Bertz CT molecular complexity index is 865. The van der Waals surface area contributed by atoms with Crippen molar-refractivity contribution in [2.24, 2.45) is 5.92 Å². The van der Waals surface area contributed by atoms with E-state index in [1.165, 1.54) is 5.56 Å². The van der Waals surface area contributed by atoms with Crippen LogP contribution in [0.3, 0.4) is 0 Å². The molecule has 6 heteroatoms. The van der Waals surface area contributed by atoms with Gasteiger partial charge < -0.3 is 14.0 Å². The molecule has 5 nitrogen and oxygen atoms in total. The molecule has 0 N–H and O–H groups in total. The highest BCUT2D eigenvalue weighted by atomic mass is 32.2. The predicted octanol–water partition coefficient (Wildman–Crippen LogP) is 5.20. The SMILES string of the molecule is COc1cccc(CSc2nnc(COc3ccccc3)n2CCC(C)C)c1. The Labute approximate surface area is 171 Å². The molecule has 0 amide bonds. The number of thioether (sulfide) groups is 1. The van der Waals surface area contributed by atoms with Gasteiger partial charge >= 0.3 is 0 Å². The van der Waals surface area contributed by atoms with E-state index in [0.717, 1.165) is 41.2 Å². The molecule has 0 fully saturated rings. The quantitative estimate of drug-likeness (QED) is 0.440. The standard InChI is InChI=1S/C22H27N3O2S/c1-17(2)12-13-25-21(15-27-19-9-5-4-6-10-19)23-24-22(25)28-16-18-8-7-11-20(14-18)26-3/h4-11,14,17H,12-13,15-16H2,1-3H3. The van der Waals surface area contributed by atoms with Gasteiger partial charge in [-0.25, -0.2) is 0 Å². The second-order valence-corrected chi connectivity index (χ2v) is 7.92. The van der Waals surface area contributed by atoms with Crippen molar-refractivity contribution in [3.63, 3.8) is 0 Å². The van der Waals surface area contributed by atoms with Crippen LogP contribution >= 0.6 is 11.8 Å². The second-order valence-electron chi connectivity index (χ2n) is 6.97. The van der Waals surface area contributed by atoms with Gasteiger partial charge in [0.1, 0.15) is 18.1 Å². The molecule has 0 saturated heterocycles. The molecule has 2 aromatic carbocycles. The summed E-state index contributed by atoms with van der Waals surface area (Å²) in [5.41, 5.74) is 1.20. The Morgan fingerprint density at radius 2 is 1.79 bits per heavy atom. The van der Waals surface area contributed by atoms with Crippen LogP contribution in [0.15, 0.2) is 59.8 Å². The van der Waals surface area contributed by atoms with Crippen LogP contribution < -0.4 is 9.47 Å². The first-order valence-corrected chi connectivity index (χ1v) is 10.5. The van der Waals surface area contributed by atoms with Gasteiger partial charge in [-0.05, 0) is 42.2 Å². The summed E-state index contributed by atoms with van der Waals surface area (Å²) >= 11 is 1.69. The van der Waals surface area contributed by atoms with Crippen molar-refractivity contribution in [2.75, 3.05) is 7.11 Å². The summed E-state index contributed by atoms with van der Waals surface area (Å²) in [6.07, 6.45) is 1.07. The monoisotopic (exact) mass is 397 g/mol. The van der Waals surface area contributed by atoms with Crippen molar-refractivity contribution in [3.8, 4) is 11.5 Å². The minimum absolute atomic E-state index is 0.412. The van der Waals surface area contributed by atoms with Crippen molar-refractivity contribution in [2.45, 2.75) is 44.3 Å². The Morgan fingerprint density at radius 1 is 1.00 bits per heavy atom. The predicted molar refractivity (Wildman–Crippen MR) is 113 cm³/mol. The first-order valence-electron chi connectivity index (χ1n) is 9.51. The maximum atomic E-state index is 5.90. The van der Waals surface area contributed by atoms with Gasteiger partial charge in [0.25, 0.3) is 0 Å². The van der Waals surface area contributed by atoms with E-state index in [0.29, 0.717) is 12.5 Å². The van der Waals surface area contributed by atoms with E-state index in [2.05, 4.69) is 40.7 Å². The van der Waals surface area contributed by atoms with Crippen LogP contribution in [0, 0.1) is 5.92 Å². The molecule has 3 rings (SSSR count). The number of hydrogen-bond donors (Lipinski definition) is 0. The highest BCUT2D eigenvalue weighted by molar-refractivity contribution is 7.98. The fourth-order valence-electron chi connectivity index (χ4n) is 2.72. The lowest BCUT2D eigenvalue weighted by molar-refractivity contribution is 0.285. The molecule has 0 aliphatic rings. The lowest BCUT2D eigenvalue weighted by Crippen LogP contribution is -2.10. The Hall–Kier alpha value is -2.47. The lowest BCUT2D eigenvalue weighted by atomic mass is 10.1. The first-order chi connectivity index (χ1) is 13.7. The number of para-hydroxylation sites is 1. The summed E-state index contributed by atoms with van der Waals surface area (Å²) in [5, 5.41) is 9.75. The molecule has 0 radical (unpaired) electrons. The number of rotatable bonds is 10. The third-order valence-electron chi connectivity index (χ3n) is 4.34. The number of ether oxygens (including phenoxy) is 2. The third kappa shape index (κ3) is 5.76. The Kier molecular flexibility index (Phi) is 7.37. The summed E-state index contributed by atoms with van der Waals surface area (Å²) in [6.45, 7) is 5.76. The topological polar surface area (TPSA) is 49.2 Å². The highest BCUT2D eigenvalue weighted by Gasteiger charge is 2.14. The molecule has 1 aromatic heterocycles. The van der Waals surface area contributed by atoms with Crippen molar-refractivity contribution in [1.29, 1.82) is 0 Å². The number of benzene rings is 2. The van der Waals surface area contributed by atoms with E-state index in [1.807, 2.05) is 42.5 Å². The largest absolute Gasteiger partial charge is 0.497 e. The van der Waals surface area contributed by atoms with E-state index in [-0.39, 0.29) is 0 Å². The molecule has 148 valence electrons. The summed E-state index contributed by atoms with van der Waals surface area (Å²) < 4.78 is 13.4. The van der Waals surface area contributed by atoms with Gasteiger partial charge in [0.15, 0.2) is 11.0 Å². The second kappa shape index (κ2) is 10.2. The van der Waals surface area contributed by atoms with Crippen LogP contribution in [0.25, 0.3) is 0 Å². The van der Waals surface area contributed by atoms with Crippen molar-refractivity contribution < 1.29 is 9.47 Å². The number of methoxy groups -OCH3 is 1. The van der Waals surface area contributed by atoms with Crippen LogP contribution in [0.5, 0.6) is 11.5 Å². The summed E-state index contributed by atoms with van der Waals surface area (Å²) in [4.78, 5) is 0. The molecule has 0 aliphatic carbocycles. The van der Waals surface area contributed by atoms with E-state index in [4.69, 9.17) is 9.47 Å². The van der Waals surface area contributed by atoms with Crippen molar-refractivity contribution in [3.05, 3.63) is 66.0 Å². The van der Waals surface area contributed by atoms with Gasteiger partial charge in [0.05, 0.1) is 7.11 Å². The molecular weight excluding hydrogens is 370 g/mol. The number of aromatic nitrogens is 3. The minimum atomic E-state index is 0.412. The van der Waals surface area contributed by atoms with Crippen molar-refractivity contribution >= 4 is 11.8 Å². The summed E-state index contributed by atoms with van der Waals surface area (Å²) in [6, 6.07) is 17.9. The van der Waals surface area contributed by atoms with Crippen LogP contribution in [0.1, 0.15) is 31.7 Å². The van der Waals surface area contributed by atoms with Gasteiger partial charge in [-0.1, -0.05) is 55.9 Å². The highest BCUT2D eigenvalue weighted by Crippen LogP contribution is 2.25. The smallest absolute Gasteiger partial charge is 0.191 e. The van der Waals surface area contributed by atoms with Crippen LogP contribution in [0.4, 0.5) is 0 Å².